The van der Waals surface area contributed by atoms with E-state index in [0.29, 0.717) is 17.4 Å². The largest absolute Gasteiger partial charge is 0.382 e. The Hall–Kier alpha value is -1.34. The average molecular weight is 310 g/mol. The maximum atomic E-state index is 12.3. The summed E-state index contributed by atoms with van der Waals surface area (Å²) in [4.78, 5) is 12.3. The highest BCUT2D eigenvalue weighted by molar-refractivity contribution is 7.11. The van der Waals surface area contributed by atoms with Crippen molar-refractivity contribution in [1.82, 2.24) is 9.69 Å². The van der Waals surface area contributed by atoms with Crippen molar-refractivity contribution in [2.24, 2.45) is 0 Å². The summed E-state index contributed by atoms with van der Waals surface area (Å²) in [6.45, 7) is 4.90. The molecule has 116 valence electrons. The van der Waals surface area contributed by atoms with Crippen LogP contribution in [0.3, 0.4) is 0 Å². The minimum absolute atomic E-state index is 0.113. The number of nitrogens with one attached hydrogen (secondary N) is 2. The Bertz CT molecular complexity index is 539. The quantitative estimate of drug-likeness (QED) is 0.791. The van der Waals surface area contributed by atoms with Gasteiger partial charge in [-0.15, -0.1) is 0 Å². The number of anilines is 2. The van der Waals surface area contributed by atoms with Crippen LogP contribution in [0.1, 0.15) is 49.9 Å². The molecule has 4 N–H and O–H groups in total. The van der Waals surface area contributed by atoms with Crippen molar-refractivity contribution in [2.75, 3.05) is 17.7 Å². The molecule has 2 aliphatic rings. The molecule has 3 rings (SSSR count). The zero-order valence-corrected chi connectivity index (χ0v) is 13.3. The molecule has 0 radical (unpaired) electrons. The lowest BCUT2D eigenvalue weighted by Crippen LogP contribution is -2.40. The summed E-state index contributed by atoms with van der Waals surface area (Å²) >= 11 is 1.26. The Morgan fingerprint density at radius 1 is 1.38 bits per heavy atom. The second-order valence-electron chi connectivity index (χ2n) is 6.46. The first-order chi connectivity index (χ1) is 9.94. The van der Waals surface area contributed by atoms with Gasteiger partial charge in [0.15, 0.2) is 5.82 Å². The molecule has 0 aromatic carbocycles. The van der Waals surface area contributed by atoms with Gasteiger partial charge in [-0.3, -0.25) is 4.79 Å². The summed E-state index contributed by atoms with van der Waals surface area (Å²) in [5.74, 6) is 0.199. The Morgan fingerprint density at radius 3 is 2.81 bits per heavy atom. The van der Waals surface area contributed by atoms with E-state index in [2.05, 4.69) is 28.9 Å². The van der Waals surface area contributed by atoms with Crippen molar-refractivity contribution >= 4 is 28.3 Å². The number of hydrogen-bond acceptors (Lipinski definition) is 6. The van der Waals surface area contributed by atoms with E-state index in [9.17, 15) is 4.79 Å². The summed E-state index contributed by atoms with van der Waals surface area (Å²) in [5.41, 5.74) is 6.23. The number of amides is 1. The van der Waals surface area contributed by atoms with Gasteiger partial charge in [0.2, 0.25) is 0 Å². The van der Waals surface area contributed by atoms with Crippen LogP contribution in [0.5, 0.6) is 0 Å². The van der Waals surface area contributed by atoms with E-state index in [1.54, 1.807) is 0 Å². The zero-order valence-electron chi connectivity index (χ0n) is 12.4. The number of rotatable bonds is 4. The molecule has 1 aliphatic heterocycles. The van der Waals surface area contributed by atoms with Gasteiger partial charge >= 0.3 is 0 Å². The van der Waals surface area contributed by atoms with Crippen molar-refractivity contribution < 1.29 is 9.53 Å². The molecular formula is C14H22N4O2S. The lowest BCUT2D eigenvalue weighted by molar-refractivity contribution is -0.0552. The predicted molar refractivity (Wildman–Crippen MR) is 83.7 cm³/mol. The summed E-state index contributed by atoms with van der Waals surface area (Å²) < 4.78 is 9.85. The molecule has 1 amide bonds. The number of carbonyl (C=O) groups excluding carboxylic acids is 1. The molecule has 0 spiro atoms. The first kappa shape index (κ1) is 14.6. The van der Waals surface area contributed by atoms with Crippen molar-refractivity contribution in [3.8, 4) is 0 Å². The number of carbonyl (C=O) groups is 1. The topological polar surface area (TPSA) is 89.3 Å². The van der Waals surface area contributed by atoms with Crippen molar-refractivity contribution in [1.29, 1.82) is 0 Å². The second kappa shape index (κ2) is 5.46. The molecule has 7 heteroatoms. The number of hydrogen-bond donors (Lipinski definition) is 3. The van der Waals surface area contributed by atoms with E-state index >= 15 is 0 Å². The van der Waals surface area contributed by atoms with E-state index in [4.69, 9.17) is 10.5 Å². The molecule has 6 nitrogen and oxygen atoms in total. The molecule has 2 heterocycles. The Labute approximate surface area is 128 Å². The highest BCUT2D eigenvalue weighted by Gasteiger charge is 2.31. The van der Waals surface area contributed by atoms with Gasteiger partial charge in [0, 0.05) is 18.7 Å². The average Bonchev–Trinajstić information content (AvgIpc) is 3.11. The van der Waals surface area contributed by atoms with Crippen molar-refractivity contribution in [3.63, 3.8) is 0 Å². The van der Waals surface area contributed by atoms with E-state index in [1.165, 1.54) is 11.5 Å². The van der Waals surface area contributed by atoms with Gasteiger partial charge in [-0.25, -0.2) is 0 Å². The molecule has 1 aromatic heterocycles. The van der Waals surface area contributed by atoms with Crippen LogP contribution in [0.25, 0.3) is 0 Å². The van der Waals surface area contributed by atoms with Gasteiger partial charge in [-0.1, -0.05) is 0 Å². The van der Waals surface area contributed by atoms with E-state index in [-0.39, 0.29) is 17.6 Å². The smallest absolute Gasteiger partial charge is 0.258 e. The Balaban J connectivity index is 1.71. The van der Waals surface area contributed by atoms with Gasteiger partial charge in [0.25, 0.3) is 5.91 Å². The molecule has 1 atom stereocenters. The Morgan fingerprint density at radius 2 is 2.14 bits per heavy atom. The van der Waals surface area contributed by atoms with Gasteiger partial charge in [0.1, 0.15) is 10.6 Å². The van der Waals surface area contributed by atoms with Crippen molar-refractivity contribution in [3.05, 3.63) is 5.56 Å². The minimum atomic E-state index is -0.136. The molecule has 1 aromatic rings. The lowest BCUT2D eigenvalue weighted by Gasteiger charge is -2.36. The van der Waals surface area contributed by atoms with Crippen molar-refractivity contribution in [2.45, 2.75) is 57.2 Å². The molecule has 21 heavy (non-hydrogen) atoms. The SMILES string of the molecule is CC1(C)CC(Nc2snc(N)c2C(=O)NC2CC2)CCO1. The standard InChI is InChI=1S/C14H22N4O2S/c1-14(2)7-9(5-6-20-14)17-13-10(11(15)18-21-13)12(19)16-8-3-4-8/h8-9,17H,3-7H2,1-2H3,(H2,15,18)(H,16,19). The first-order valence-electron chi connectivity index (χ1n) is 7.41. The van der Waals surface area contributed by atoms with Gasteiger partial charge < -0.3 is 21.1 Å². The van der Waals surface area contributed by atoms with Crippen LogP contribution in [-0.4, -0.2) is 34.6 Å². The maximum Gasteiger partial charge on any atom is 0.258 e. The molecule has 1 unspecified atom stereocenters. The number of nitrogen functional groups attached to an aromatic ring is 1. The fourth-order valence-electron chi connectivity index (χ4n) is 2.65. The van der Waals surface area contributed by atoms with Crippen LogP contribution in [0.4, 0.5) is 10.8 Å². The fraction of sp³-hybridized carbons (Fsp3) is 0.714. The second-order valence-corrected chi connectivity index (χ2v) is 7.24. The fourth-order valence-corrected chi connectivity index (χ4v) is 3.43. The zero-order chi connectivity index (χ0) is 15.0. The van der Waals surface area contributed by atoms with E-state index < -0.39 is 0 Å². The number of nitrogens with two attached hydrogens (primary N) is 1. The summed E-state index contributed by atoms with van der Waals surface area (Å²) in [6, 6.07) is 0.590. The molecule has 0 bridgehead atoms. The highest BCUT2D eigenvalue weighted by atomic mass is 32.1. The van der Waals surface area contributed by atoms with Crippen LogP contribution in [0, 0.1) is 0 Å². The van der Waals surface area contributed by atoms with E-state index in [1.807, 2.05) is 0 Å². The number of nitrogens with zero attached hydrogens (tertiary/aromatic N) is 1. The number of aromatic nitrogens is 1. The van der Waals surface area contributed by atoms with Crippen LogP contribution < -0.4 is 16.4 Å². The van der Waals surface area contributed by atoms with Crippen LogP contribution in [0.15, 0.2) is 0 Å². The predicted octanol–water partition coefficient (Wildman–Crippen LogP) is 1.99. The van der Waals surface area contributed by atoms with Gasteiger partial charge in [-0.2, -0.15) is 4.37 Å². The van der Waals surface area contributed by atoms with E-state index in [0.717, 1.165) is 37.3 Å². The molecule has 1 saturated heterocycles. The normalized spacial score (nSPS) is 24.6. The highest BCUT2D eigenvalue weighted by Crippen LogP contribution is 2.32. The summed E-state index contributed by atoms with van der Waals surface area (Å²) in [7, 11) is 0. The van der Waals surface area contributed by atoms with Crippen LogP contribution in [-0.2, 0) is 4.74 Å². The first-order valence-corrected chi connectivity index (χ1v) is 8.18. The molecule has 2 fully saturated rings. The molecule has 1 saturated carbocycles. The van der Waals surface area contributed by atoms with Gasteiger partial charge in [0.05, 0.1) is 5.60 Å². The third-order valence-corrected chi connectivity index (χ3v) is 4.68. The monoisotopic (exact) mass is 310 g/mol. The summed E-state index contributed by atoms with van der Waals surface area (Å²) in [5, 5.41) is 7.18. The third kappa shape index (κ3) is 3.47. The molecule has 1 aliphatic carbocycles. The molecular weight excluding hydrogens is 288 g/mol. The third-order valence-electron chi connectivity index (χ3n) is 3.89. The maximum absolute atomic E-state index is 12.3. The van der Waals surface area contributed by atoms with Crippen LogP contribution in [0.2, 0.25) is 0 Å². The van der Waals surface area contributed by atoms with Crippen LogP contribution >= 0.6 is 11.5 Å². The lowest BCUT2D eigenvalue weighted by atomic mass is 9.94. The Kier molecular flexibility index (Phi) is 3.79. The minimum Gasteiger partial charge on any atom is -0.382 e. The van der Waals surface area contributed by atoms with Gasteiger partial charge in [-0.05, 0) is 51.1 Å². The number of ether oxygens (including phenoxy) is 1. The summed E-state index contributed by atoms with van der Waals surface area (Å²) in [6.07, 6.45) is 3.93.